The molecule has 1 aromatic carbocycles. The van der Waals surface area contributed by atoms with Crippen LogP contribution in [0.1, 0.15) is 32.4 Å². The molecule has 2 aromatic rings. The third-order valence-corrected chi connectivity index (χ3v) is 4.24. The summed E-state index contributed by atoms with van der Waals surface area (Å²) in [5, 5.41) is 9.89. The topological polar surface area (TPSA) is 71.8 Å². The molecule has 0 spiro atoms. The molecule has 0 aliphatic rings. The molecule has 0 radical (unpaired) electrons. The fourth-order valence-corrected chi connectivity index (χ4v) is 2.88. The second kappa shape index (κ2) is 8.57. The van der Waals surface area contributed by atoms with Crippen LogP contribution in [0, 0.1) is 0 Å². The molecular formula is C16H23N5OS. The minimum absolute atomic E-state index is 0.0350. The van der Waals surface area contributed by atoms with Gasteiger partial charge in [-0.3, -0.25) is 4.68 Å². The second-order valence-corrected chi connectivity index (χ2v) is 6.70. The Morgan fingerprint density at radius 1 is 1.26 bits per heavy atom. The number of carbonyl (C=O) groups excluding carboxylic acids is 1. The average Bonchev–Trinajstić information content (AvgIpc) is 3.00. The van der Waals surface area contributed by atoms with Crippen molar-refractivity contribution in [2.24, 2.45) is 0 Å². The first-order valence-corrected chi connectivity index (χ1v) is 8.69. The van der Waals surface area contributed by atoms with Crippen molar-refractivity contribution in [2.45, 2.75) is 44.3 Å². The minimum atomic E-state index is -0.183. The Bertz CT molecular complexity index is 599. The van der Waals surface area contributed by atoms with Gasteiger partial charge in [-0.2, -0.15) is 5.10 Å². The Morgan fingerprint density at radius 3 is 2.61 bits per heavy atom. The molecule has 0 bridgehead atoms. The Labute approximate surface area is 141 Å². The van der Waals surface area contributed by atoms with E-state index in [1.165, 1.54) is 11.2 Å². The molecule has 0 unspecified atom stereocenters. The van der Waals surface area contributed by atoms with E-state index in [1.807, 2.05) is 13.8 Å². The summed E-state index contributed by atoms with van der Waals surface area (Å²) in [6.07, 6.45) is 3.12. The number of carbonyl (C=O) groups is 1. The van der Waals surface area contributed by atoms with E-state index in [0.29, 0.717) is 6.54 Å². The van der Waals surface area contributed by atoms with Crippen LogP contribution < -0.4 is 10.6 Å². The number of amides is 2. The number of aromatic nitrogens is 3. The molecule has 1 aromatic heterocycles. The summed E-state index contributed by atoms with van der Waals surface area (Å²) in [6.45, 7) is 6.63. The molecule has 2 rings (SSSR count). The molecule has 2 amide bonds. The van der Waals surface area contributed by atoms with Crippen molar-refractivity contribution >= 4 is 17.8 Å². The van der Waals surface area contributed by atoms with Crippen LogP contribution in [0.3, 0.4) is 0 Å². The van der Waals surface area contributed by atoms with E-state index in [4.69, 9.17) is 0 Å². The van der Waals surface area contributed by atoms with Crippen molar-refractivity contribution in [3.63, 3.8) is 0 Å². The van der Waals surface area contributed by atoms with Crippen molar-refractivity contribution in [1.29, 1.82) is 0 Å². The predicted molar refractivity (Wildman–Crippen MR) is 92.4 cm³/mol. The summed E-state index contributed by atoms with van der Waals surface area (Å²) in [7, 11) is 0. The zero-order chi connectivity index (χ0) is 16.7. The van der Waals surface area contributed by atoms with E-state index in [1.54, 1.807) is 22.8 Å². The highest BCUT2D eigenvalue weighted by Gasteiger charge is 2.12. The summed E-state index contributed by atoms with van der Waals surface area (Å²) in [6, 6.07) is 8.03. The van der Waals surface area contributed by atoms with Gasteiger partial charge in [-0.25, -0.2) is 9.78 Å². The first-order chi connectivity index (χ1) is 11.1. The number of hydrogen-bond donors (Lipinski definition) is 2. The van der Waals surface area contributed by atoms with E-state index < -0.39 is 0 Å². The molecule has 2 atom stereocenters. The zero-order valence-electron chi connectivity index (χ0n) is 13.7. The monoisotopic (exact) mass is 333 g/mol. The number of hydrogen-bond acceptors (Lipinski definition) is 4. The number of nitrogens with one attached hydrogen (secondary N) is 2. The molecule has 6 nitrogen and oxygen atoms in total. The van der Waals surface area contributed by atoms with E-state index in [0.717, 1.165) is 11.3 Å². The average molecular weight is 333 g/mol. The van der Waals surface area contributed by atoms with Crippen molar-refractivity contribution < 1.29 is 4.79 Å². The van der Waals surface area contributed by atoms with Crippen LogP contribution in [0.2, 0.25) is 0 Å². The third kappa shape index (κ3) is 5.59. The Kier molecular flexibility index (Phi) is 6.46. The van der Waals surface area contributed by atoms with E-state index in [9.17, 15) is 4.79 Å². The van der Waals surface area contributed by atoms with Gasteiger partial charge in [0, 0.05) is 10.9 Å². The maximum absolute atomic E-state index is 12.1. The van der Waals surface area contributed by atoms with E-state index >= 15 is 0 Å². The number of thioether (sulfide) groups is 1. The summed E-state index contributed by atoms with van der Waals surface area (Å²) >= 11 is 1.81. The Morgan fingerprint density at radius 2 is 2.00 bits per heavy atom. The number of rotatable bonds is 7. The Hall–Kier alpha value is -2.02. The van der Waals surface area contributed by atoms with E-state index in [-0.39, 0.29) is 18.1 Å². The van der Waals surface area contributed by atoms with Crippen molar-refractivity contribution in [3.8, 4) is 0 Å². The SMILES string of the molecule is CCSc1ccc([C@@H](C)NC(=O)N[C@H](C)Cn2cncn2)cc1. The fourth-order valence-electron chi connectivity index (χ4n) is 2.22. The normalized spacial score (nSPS) is 13.3. The molecule has 0 saturated carbocycles. The van der Waals surface area contributed by atoms with Gasteiger partial charge in [0.2, 0.25) is 0 Å². The fraction of sp³-hybridized carbons (Fsp3) is 0.438. The smallest absolute Gasteiger partial charge is 0.315 e. The van der Waals surface area contributed by atoms with Crippen LogP contribution >= 0.6 is 11.8 Å². The van der Waals surface area contributed by atoms with Crippen molar-refractivity contribution in [1.82, 2.24) is 25.4 Å². The van der Waals surface area contributed by atoms with Gasteiger partial charge < -0.3 is 10.6 Å². The predicted octanol–water partition coefficient (Wildman–Crippen LogP) is 2.84. The molecular weight excluding hydrogens is 310 g/mol. The largest absolute Gasteiger partial charge is 0.334 e. The molecule has 1 heterocycles. The van der Waals surface area contributed by atoms with Crippen molar-refractivity contribution in [2.75, 3.05) is 5.75 Å². The van der Waals surface area contributed by atoms with Gasteiger partial charge in [-0.05, 0) is 37.3 Å². The molecule has 0 fully saturated rings. The molecule has 23 heavy (non-hydrogen) atoms. The quantitative estimate of drug-likeness (QED) is 0.764. The molecule has 0 aliphatic carbocycles. The van der Waals surface area contributed by atoms with Gasteiger partial charge in [-0.15, -0.1) is 11.8 Å². The number of nitrogens with zero attached hydrogens (tertiary/aromatic N) is 3. The summed E-state index contributed by atoms with van der Waals surface area (Å²) in [5.74, 6) is 1.05. The summed E-state index contributed by atoms with van der Waals surface area (Å²) in [4.78, 5) is 17.2. The maximum atomic E-state index is 12.1. The van der Waals surface area contributed by atoms with Crippen LogP contribution in [-0.4, -0.2) is 32.6 Å². The van der Waals surface area contributed by atoms with E-state index in [2.05, 4.69) is 51.9 Å². The second-order valence-electron chi connectivity index (χ2n) is 5.36. The maximum Gasteiger partial charge on any atom is 0.315 e. The lowest BCUT2D eigenvalue weighted by atomic mass is 10.1. The lowest BCUT2D eigenvalue weighted by molar-refractivity contribution is 0.233. The van der Waals surface area contributed by atoms with Crippen LogP contribution in [0.4, 0.5) is 4.79 Å². The molecule has 0 aliphatic heterocycles. The lowest BCUT2D eigenvalue weighted by Crippen LogP contribution is -2.43. The van der Waals surface area contributed by atoms with Crippen LogP contribution in [0.25, 0.3) is 0 Å². The highest BCUT2D eigenvalue weighted by atomic mass is 32.2. The number of urea groups is 1. The van der Waals surface area contributed by atoms with Crippen LogP contribution in [-0.2, 0) is 6.54 Å². The summed E-state index contributed by atoms with van der Waals surface area (Å²) in [5.41, 5.74) is 1.09. The molecule has 124 valence electrons. The van der Waals surface area contributed by atoms with Crippen molar-refractivity contribution in [3.05, 3.63) is 42.5 Å². The van der Waals surface area contributed by atoms with Gasteiger partial charge in [0.15, 0.2) is 0 Å². The summed E-state index contributed by atoms with van der Waals surface area (Å²) < 4.78 is 1.69. The first-order valence-electron chi connectivity index (χ1n) is 7.70. The highest BCUT2D eigenvalue weighted by molar-refractivity contribution is 7.99. The highest BCUT2D eigenvalue weighted by Crippen LogP contribution is 2.20. The molecule has 0 saturated heterocycles. The van der Waals surface area contributed by atoms with Gasteiger partial charge >= 0.3 is 6.03 Å². The minimum Gasteiger partial charge on any atom is -0.334 e. The standard InChI is InChI=1S/C16H23N5OS/c1-4-23-15-7-5-14(6-8-15)13(3)20-16(22)19-12(2)9-21-11-17-10-18-21/h5-8,10-13H,4,9H2,1-3H3,(H2,19,20,22)/t12-,13-/m1/s1. The van der Waals surface area contributed by atoms with Gasteiger partial charge in [0.05, 0.1) is 12.6 Å². The van der Waals surface area contributed by atoms with Gasteiger partial charge in [-0.1, -0.05) is 19.1 Å². The van der Waals surface area contributed by atoms with Gasteiger partial charge in [0.25, 0.3) is 0 Å². The molecule has 2 N–H and O–H groups in total. The lowest BCUT2D eigenvalue weighted by Gasteiger charge is -2.18. The van der Waals surface area contributed by atoms with Gasteiger partial charge in [0.1, 0.15) is 12.7 Å². The van der Waals surface area contributed by atoms with Crippen LogP contribution in [0.15, 0.2) is 41.8 Å². The first kappa shape index (κ1) is 17.3. The Balaban J connectivity index is 1.81. The number of benzene rings is 1. The third-order valence-electron chi connectivity index (χ3n) is 3.34. The zero-order valence-corrected chi connectivity index (χ0v) is 14.5. The molecule has 7 heteroatoms. The van der Waals surface area contributed by atoms with Crippen LogP contribution in [0.5, 0.6) is 0 Å².